The number of hydrogen-bond donors (Lipinski definition) is 0. The van der Waals surface area contributed by atoms with E-state index in [0.29, 0.717) is 5.92 Å². The monoisotopic (exact) mass is 264 g/mol. The molecule has 0 spiro atoms. The molecule has 1 fully saturated rings. The van der Waals surface area contributed by atoms with Gasteiger partial charge in [-0.3, -0.25) is 0 Å². The van der Waals surface area contributed by atoms with Gasteiger partial charge in [0.25, 0.3) is 0 Å². The second-order valence-corrected chi connectivity index (χ2v) is 5.34. The molecule has 0 N–H and O–H groups in total. The lowest BCUT2D eigenvalue weighted by Crippen LogP contribution is -2.40. The molecule has 0 amide bonds. The van der Waals surface area contributed by atoms with Crippen molar-refractivity contribution in [1.29, 1.82) is 5.26 Å². The van der Waals surface area contributed by atoms with Crippen LogP contribution >= 0.6 is 0 Å². The Morgan fingerprint density at radius 1 is 1.21 bits per heavy atom. The molecule has 2 atom stereocenters. The van der Waals surface area contributed by atoms with E-state index in [0.717, 1.165) is 31.4 Å². The van der Waals surface area contributed by atoms with Crippen molar-refractivity contribution in [3.05, 3.63) is 29.3 Å². The van der Waals surface area contributed by atoms with E-state index in [2.05, 4.69) is 6.92 Å². The summed E-state index contributed by atoms with van der Waals surface area (Å²) in [6.07, 6.45) is 4.33. The van der Waals surface area contributed by atoms with Crippen molar-refractivity contribution in [3.63, 3.8) is 0 Å². The van der Waals surface area contributed by atoms with Gasteiger partial charge in [-0.1, -0.05) is 19.8 Å². The molecule has 1 aliphatic rings. The molecule has 19 heavy (non-hydrogen) atoms. The normalized spacial score (nSPS) is 22.9. The zero-order valence-corrected chi connectivity index (χ0v) is 11.3. The fraction of sp³-hybridized carbons (Fsp3) is 0.533. The lowest BCUT2D eigenvalue weighted by Gasteiger charge is -2.37. The predicted molar refractivity (Wildman–Crippen MR) is 70.9 cm³/mol. The first-order chi connectivity index (χ1) is 9.04. The van der Waals surface area contributed by atoms with Crippen LogP contribution in [0.3, 0.4) is 0 Å². The van der Waals surface area contributed by atoms with Crippen molar-refractivity contribution in [1.82, 2.24) is 0 Å². The van der Waals surface area contributed by atoms with E-state index in [9.17, 15) is 8.78 Å². The molecule has 0 aliphatic heterocycles. The van der Waals surface area contributed by atoms with Gasteiger partial charge in [0, 0.05) is 13.1 Å². The lowest BCUT2D eigenvalue weighted by atomic mass is 9.85. The Hall–Kier alpha value is -1.63. The van der Waals surface area contributed by atoms with Crippen molar-refractivity contribution in [2.45, 2.75) is 38.6 Å². The summed E-state index contributed by atoms with van der Waals surface area (Å²) in [7, 11) is 1.74. The highest BCUT2D eigenvalue weighted by molar-refractivity contribution is 5.53. The van der Waals surface area contributed by atoms with Crippen LogP contribution in [0.5, 0.6) is 0 Å². The van der Waals surface area contributed by atoms with E-state index in [1.54, 1.807) is 18.0 Å². The van der Waals surface area contributed by atoms with Gasteiger partial charge in [0.1, 0.15) is 5.69 Å². The zero-order valence-electron chi connectivity index (χ0n) is 11.3. The van der Waals surface area contributed by atoms with Gasteiger partial charge in [0.2, 0.25) is 0 Å². The Balaban J connectivity index is 2.33. The first-order valence-corrected chi connectivity index (χ1v) is 6.66. The summed E-state index contributed by atoms with van der Waals surface area (Å²) in [5, 5.41) is 8.71. The number of halogens is 2. The minimum atomic E-state index is -0.656. The van der Waals surface area contributed by atoms with Crippen LogP contribution in [0, 0.1) is 28.9 Å². The minimum Gasteiger partial charge on any atom is -0.367 e. The largest absolute Gasteiger partial charge is 0.367 e. The first-order valence-electron chi connectivity index (χ1n) is 6.66. The number of hydrogen-bond acceptors (Lipinski definition) is 2. The second kappa shape index (κ2) is 5.56. The molecule has 1 saturated carbocycles. The van der Waals surface area contributed by atoms with Crippen molar-refractivity contribution >= 4 is 5.69 Å². The van der Waals surface area contributed by atoms with E-state index >= 15 is 0 Å². The second-order valence-electron chi connectivity index (χ2n) is 5.34. The van der Waals surface area contributed by atoms with Gasteiger partial charge in [-0.05, 0) is 30.9 Å². The fourth-order valence-corrected chi connectivity index (χ4v) is 3.00. The summed E-state index contributed by atoms with van der Waals surface area (Å²) in [5.41, 5.74) is 0.00147. The number of anilines is 1. The van der Waals surface area contributed by atoms with Crippen LogP contribution in [0.2, 0.25) is 0 Å². The molecule has 0 saturated heterocycles. The molecular formula is C15H18F2N2. The van der Waals surface area contributed by atoms with Crippen molar-refractivity contribution in [2.75, 3.05) is 11.9 Å². The molecule has 102 valence electrons. The summed E-state index contributed by atoms with van der Waals surface area (Å²) in [4.78, 5) is 1.70. The molecule has 4 heteroatoms. The molecule has 2 nitrogen and oxygen atoms in total. The maximum absolute atomic E-state index is 14.0. The maximum Gasteiger partial charge on any atom is 0.150 e. The highest BCUT2D eigenvalue weighted by Crippen LogP contribution is 2.33. The van der Waals surface area contributed by atoms with Crippen molar-refractivity contribution < 1.29 is 8.78 Å². The summed E-state index contributed by atoms with van der Waals surface area (Å²) in [6, 6.07) is 4.12. The standard InChI is InChI=1S/C15H18F2N2/c1-10-5-3-4-6-14(10)19(2)15-12(16)7-11(9-18)8-13(15)17/h7-8,10,14H,3-6H2,1-2H3. The number of nitriles is 1. The van der Waals surface area contributed by atoms with Gasteiger partial charge in [-0.25, -0.2) is 8.78 Å². The SMILES string of the molecule is CC1CCCCC1N(C)c1c(F)cc(C#N)cc1F. The summed E-state index contributed by atoms with van der Waals surface area (Å²) in [5.74, 6) is -0.887. The van der Waals surface area contributed by atoms with E-state index in [4.69, 9.17) is 5.26 Å². The first kappa shape index (κ1) is 13.8. The topological polar surface area (TPSA) is 27.0 Å². The van der Waals surface area contributed by atoms with E-state index in [1.807, 2.05) is 0 Å². The van der Waals surface area contributed by atoms with Crippen LogP contribution in [0.4, 0.5) is 14.5 Å². The minimum absolute atomic E-state index is 0.0160. The third-order valence-electron chi connectivity index (χ3n) is 4.06. The Labute approximate surface area is 112 Å². The molecule has 0 radical (unpaired) electrons. The number of nitrogens with zero attached hydrogens (tertiary/aromatic N) is 2. The molecule has 2 rings (SSSR count). The zero-order chi connectivity index (χ0) is 14.0. The van der Waals surface area contributed by atoms with Crippen LogP contribution < -0.4 is 4.90 Å². The van der Waals surface area contributed by atoms with Crippen LogP contribution in [0.25, 0.3) is 0 Å². The average Bonchev–Trinajstić information content (AvgIpc) is 2.38. The lowest BCUT2D eigenvalue weighted by molar-refractivity contribution is 0.318. The quantitative estimate of drug-likeness (QED) is 0.811. The highest BCUT2D eigenvalue weighted by atomic mass is 19.1. The van der Waals surface area contributed by atoms with E-state index in [-0.39, 0.29) is 17.3 Å². The Morgan fingerprint density at radius 2 is 1.79 bits per heavy atom. The van der Waals surface area contributed by atoms with Crippen molar-refractivity contribution in [2.24, 2.45) is 5.92 Å². The van der Waals surface area contributed by atoms with Crippen LogP contribution in [-0.2, 0) is 0 Å². The summed E-state index contributed by atoms with van der Waals surface area (Å²) in [6.45, 7) is 2.12. The molecule has 1 aromatic carbocycles. The average molecular weight is 264 g/mol. The van der Waals surface area contributed by atoms with Gasteiger partial charge in [-0.2, -0.15) is 5.26 Å². The Kier molecular flexibility index (Phi) is 4.04. The van der Waals surface area contributed by atoms with Gasteiger partial charge in [-0.15, -0.1) is 0 Å². The van der Waals surface area contributed by atoms with Crippen LogP contribution in [0.15, 0.2) is 12.1 Å². The third-order valence-corrected chi connectivity index (χ3v) is 4.06. The number of rotatable bonds is 2. The molecular weight excluding hydrogens is 246 g/mol. The van der Waals surface area contributed by atoms with Crippen molar-refractivity contribution in [3.8, 4) is 6.07 Å². The Bertz CT molecular complexity index is 484. The molecule has 0 bridgehead atoms. The maximum atomic E-state index is 14.0. The van der Waals surface area contributed by atoms with Gasteiger partial charge < -0.3 is 4.90 Å². The third kappa shape index (κ3) is 2.70. The van der Waals surface area contributed by atoms with Gasteiger partial charge >= 0.3 is 0 Å². The van der Waals surface area contributed by atoms with Crippen LogP contribution in [0.1, 0.15) is 38.2 Å². The fourth-order valence-electron chi connectivity index (χ4n) is 3.00. The molecule has 2 unspecified atom stereocenters. The Morgan fingerprint density at radius 3 is 2.32 bits per heavy atom. The highest BCUT2D eigenvalue weighted by Gasteiger charge is 2.28. The molecule has 0 aromatic heterocycles. The summed E-state index contributed by atoms with van der Waals surface area (Å²) < 4.78 is 28.0. The van der Waals surface area contributed by atoms with Gasteiger partial charge in [0.05, 0.1) is 11.6 Å². The van der Waals surface area contributed by atoms with E-state index < -0.39 is 11.6 Å². The van der Waals surface area contributed by atoms with Crippen LogP contribution in [-0.4, -0.2) is 13.1 Å². The number of benzene rings is 1. The summed E-state index contributed by atoms with van der Waals surface area (Å²) >= 11 is 0. The van der Waals surface area contributed by atoms with Gasteiger partial charge in [0.15, 0.2) is 11.6 Å². The molecule has 1 aromatic rings. The van der Waals surface area contributed by atoms with E-state index in [1.165, 1.54) is 6.42 Å². The predicted octanol–water partition coefficient (Wildman–Crippen LogP) is 3.85. The molecule has 1 aliphatic carbocycles. The molecule has 0 heterocycles. The smallest absolute Gasteiger partial charge is 0.150 e.